The van der Waals surface area contributed by atoms with Crippen molar-refractivity contribution in [3.8, 4) is 5.75 Å². The van der Waals surface area contributed by atoms with Crippen LogP contribution in [0.4, 0.5) is 0 Å². The largest absolute Gasteiger partial charge is 0.497 e. The fraction of sp³-hybridized carbons (Fsp3) is 0.333. The van der Waals surface area contributed by atoms with Gasteiger partial charge in [-0.1, -0.05) is 0 Å². The zero-order valence-corrected chi connectivity index (χ0v) is 9.38. The van der Waals surface area contributed by atoms with Crippen LogP contribution in [0.15, 0.2) is 18.3 Å². The van der Waals surface area contributed by atoms with E-state index in [4.69, 9.17) is 9.84 Å². The Morgan fingerprint density at radius 3 is 2.94 bits per heavy atom. The predicted octanol–water partition coefficient (Wildman–Crippen LogP) is 1.92. The summed E-state index contributed by atoms with van der Waals surface area (Å²) in [6.45, 7) is 0. The molecule has 88 valence electrons. The lowest BCUT2D eigenvalue weighted by molar-refractivity contribution is 0.0693. The smallest absolute Gasteiger partial charge is 0.356 e. The second-order valence-corrected chi connectivity index (χ2v) is 4.22. The van der Waals surface area contributed by atoms with Crippen molar-refractivity contribution >= 4 is 11.5 Å². The van der Waals surface area contributed by atoms with Gasteiger partial charge in [-0.05, 0) is 18.9 Å². The van der Waals surface area contributed by atoms with Crippen molar-refractivity contribution in [2.75, 3.05) is 7.11 Å². The van der Waals surface area contributed by atoms with Gasteiger partial charge in [-0.2, -0.15) is 0 Å². The number of carboxylic acids is 1. The summed E-state index contributed by atoms with van der Waals surface area (Å²) in [5, 5.41) is 9.15. The third-order valence-corrected chi connectivity index (χ3v) is 3.02. The van der Waals surface area contributed by atoms with Gasteiger partial charge in [0, 0.05) is 18.2 Å². The van der Waals surface area contributed by atoms with Gasteiger partial charge in [0.1, 0.15) is 11.6 Å². The average Bonchev–Trinajstić information content (AvgIpc) is 3.09. The zero-order valence-electron chi connectivity index (χ0n) is 9.38. The third-order valence-electron chi connectivity index (χ3n) is 3.02. The van der Waals surface area contributed by atoms with Crippen LogP contribution in [-0.4, -0.2) is 27.6 Å². The number of imidazole rings is 1. The molecule has 1 aliphatic carbocycles. The van der Waals surface area contributed by atoms with Crippen LogP contribution in [0.25, 0.3) is 5.52 Å². The minimum atomic E-state index is -0.998. The Bertz CT molecular complexity index is 599. The number of nitrogens with zero attached hydrogens (tertiary/aromatic N) is 2. The number of carbonyl (C=O) groups is 1. The van der Waals surface area contributed by atoms with Crippen molar-refractivity contribution in [3.63, 3.8) is 0 Å². The minimum absolute atomic E-state index is 0.103. The molecule has 0 aromatic carbocycles. The van der Waals surface area contributed by atoms with Crippen molar-refractivity contribution in [3.05, 3.63) is 29.8 Å². The SMILES string of the molecule is COc1ccn2c(C3CC3)nc(C(=O)O)c2c1. The molecule has 2 heterocycles. The highest BCUT2D eigenvalue weighted by Gasteiger charge is 2.30. The van der Waals surface area contributed by atoms with Crippen LogP contribution in [-0.2, 0) is 0 Å². The first-order chi connectivity index (χ1) is 8.20. The molecule has 0 spiro atoms. The Hall–Kier alpha value is -2.04. The molecule has 0 unspecified atom stereocenters. The Morgan fingerprint density at radius 1 is 1.59 bits per heavy atom. The Morgan fingerprint density at radius 2 is 2.35 bits per heavy atom. The van der Waals surface area contributed by atoms with E-state index in [1.807, 2.05) is 16.7 Å². The number of ether oxygens (including phenoxy) is 1. The van der Waals surface area contributed by atoms with Gasteiger partial charge >= 0.3 is 5.97 Å². The van der Waals surface area contributed by atoms with Crippen LogP contribution in [0, 0.1) is 0 Å². The van der Waals surface area contributed by atoms with E-state index in [-0.39, 0.29) is 5.69 Å². The summed E-state index contributed by atoms with van der Waals surface area (Å²) < 4.78 is 6.96. The summed E-state index contributed by atoms with van der Waals surface area (Å²) in [7, 11) is 1.56. The van der Waals surface area contributed by atoms with Crippen LogP contribution in [0.5, 0.6) is 5.75 Å². The number of carboxylic acid groups (broad SMARTS) is 1. The van der Waals surface area contributed by atoms with Crippen LogP contribution in [0.1, 0.15) is 35.1 Å². The highest BCUT2D eigenvalue weighted by Crippen LogP contribution is 2.40. The number of hydrogen-bond donors (Lipinski definition) is 1. The lowest BCUT2D eigenvalue weighted by Crippen LogP contribution is -1.97. The summed E-state index contributed by atoms with van der Waals surface area (Å²) in [6.07, 6.45) is 4.00. The molecule has 0 atom stereocenters. The number of pyridine rings is 1. The number of aromatic nitrogens is 2. The molecule has 5 heteroatoms. The molecule has 0 aliphatic heterocycles. The summed E-state index contributed by atoms with van der Waals surface area (Å²) in [5.41, 5.74) is 0.699. The second-order valence-electron chi connectivity index (χ2n) is 4.22. The monoisotopic (exact) mass is 232 g/mol. The number of rotatable bonds is 3. The van der Waals surface area contributed by atoms with E-state index in [1.165, 1.54) is 0 Å². The van der Waals surface area contributed by atoms with Gasteiger partial charge in [0.2, 0.25) is 0 Å². The first-order valence-electron chi connectivity index (χ1n) is 5.50. The average molecular weight is 232 g/mol. The fourth-order valence-electron chi connectivity index (χ4n) is 2.00. The standard InChI is InChI=1S/C12H12N2O3/c1-17-8-4-5-14-9(6-8)10(12(15)16)13-11(14)7-2-3-7/h4-7H,2-3H2,1H3,(H,15,16). The Kier molecular flexibility index (Phi) is 2.07. The van der Waals surface area contributed by atoms with Gasteiger partial charge in [-0.3, -0.25) is 0 Å². The lowest BCUT2D eigenvalue weighted by Gasteiger charge is -2.02. The van der Waals surface area contributed by atoms with Crippen molar-refractivity contribution in [1.29, 1.82) is 0 Å². The molecule has 3 rings (SSSR count). The van der Waals surface area contributed by atoms with E-state index in [9.17, 15) is 4.79 Å². The molecule has 2 aromatic rings. The van der Waals surface area contributed by atoms with Crippen molar-refractivity contribution < 1.29 is 14.6 Å². The molecule has 0 saturated heterocycles. The first kappa shape index (κ1) is 10.1. The number of hydrogen-bond acceptors (Lipinski definition) is 3. The van der Waals surface area contributed by atoms with Gasteiger partial charge in [-0.25, -0.2) is 9.78 Å². The van der Waals surface area contributed by atoms with Crippen molar-refractivity contribution in [1.82, 2.24) is 9.38 Å². The van der Waals surface area contributed by atoms with E-state index in [0.29, 0.717) is 17.2 Å². The predicted molar refractivity (Wildman–Crippen MR) is 60.7 cm³/mol. The van der Waals surface area contributed by atoms with Gasteiger partial charge in [-0.15, -0.1) is 0 Å². The van der Waals surface area contributed by atoms with Crippen LogP contribution in [0.3, 0.4) is 0 Å². The number of fused-ring (bicyclic) bond motifs is 1. The molecule has 0 bridgehead atoms. The molecule has 2 aromatic heterocycles. The topological polar surface area (TPSA) is 63.8 Å². The van der Waals surface area contributed by atoms with E-state index >= 15 is 0 Å². The fourth-order valence-corrected chi connectivity index (χ4v) is 2.00. The summed E-state index contributed by atoms with van der Waals surface area (Å²) in [5.74, 6) is 0.897. The molecule has 1 saturated carbocycles. The number of aromatic carboxylic acids is 1. The molecule has 1 N–H and O–H groups in total. The quantitative estimate of drug-likeness (QED) is 0.878. The van der Waals surface area contributed by atoms with Gasteiger partial charge in [0.05, 0.1) is 12.6 Å². The van der Waals surface area contributed by atoms with Crippen molar-refractivity contribution in [2.45, 2.75) is 18.8 Å². The van der Waals surface area contributed by atoms with Crippen molar-refractivity contribution in [2.24, 2.45) is 0 Å². The highest BCUT2D eigenvalue weighted by atomic mass is 16.5. The van der Waals surface area contributed by atoms with E-state index < -0.39 is 5.97 Å². The lowest BCUT2D eigenvalue weighted by atomic mass is 10.3. The first-order valence-corrected chi connectivity index (χ1v) is 5.50. The van der Waals surface area contributed by atoms with Crippen LogP contribution < -0.4 is 4.74 Å². The molecular weight excluding hydrogens is 220 g/mol. The van der Waals surface area contributed by atoms with Crippen LogP contribution >= 0.6 is 0 Å². The maximum Gasteiger partial charge on any atom is 0.356 e. The molecule has 1 aliphatic rings. The maximum absolute atomic E-state index is 11.2. The zero-order chi connectivity index (χ0) is 12.0. The molecule has 0 radical (unpaired) electrons. The molecule has 5 nitrogen and oxygen atoms in total. The van der Waals surface area contributed by atoms with Gasteiger partial charge in [0.25, 0.3) is 0 Å². The van der Waals surface area contributed by atoms with E-state index in [2.05, 4.69) is 4.98 Å². The minimum Gasteiger partial charge on any atom is -0.497 e. The van der Waals surface area contributed by atoms with Gasteiger partial charge in [0.15, 0.2) is 5.69 Å². The molecular formula is C12H12N2O3. The Labute approximate surface area is 97.7 Å². The third kappa shape index (κ3) is 1.54. The maximum atomic E-state index is 11.2. The highest BCUT2D eigenvalue weighted by molar-refractivity contribution is 5.94. The molecule has 0 amide bonds. The Balaban J connectivity index is 2.27. The van der Waals surface area contributed by atoms with Crippen LogP contribution in [0.2, 0.25) is 0 Å². The van der Waals surface area contributed by atoms with E-state index in [0.717, 1.165) is 18.7 Å². The molecule has 1 fully saturated rings. The summed E-state index contributed by atoms with van der Waals surface area (Å²) >= 11 is 0. The van der Waals surface area contributed by atoms with Gasteiger partial charge < -0.3 is 14.2 Å². The number of methoxy groups -OCH3 is 1. The summed E-state index contributed by atoms with van der Waals surface area (Å²) in [4.78, 5) is 15.4. The van der Waals surface area contributed by atoms with E-state index in [1.54, 1.807) is 13.2 Å². The summed E-state index contributed by atoms with van der Waals surface area (Å²) in [6, 6.07) is 3.52. The second kappa shape index (κ2) is 3.48. The molecule has 17 heavy (non-hydrogen) atoms. The normalized spacial score (nSPS) is 15.1.